The van der Waals surface area contributed by atoms with Crippen LogP contribution >= 0.6 is 0 Å². The fourth-order valence-corrected chi connectivity index (χ4v) is 3.97. The molecule has 0 bridgehead atoms. The number of hydrogen-bond donors (Lipinski definition) is 2. The van der Waals surface area contributed by atoms with Gasteiger partial charge < -0.3 is 16.0 Å². The van der Waals surface area contributed by atoms with Crippen molar-refractivity contribution in [1.82, 2.24) is 24.7 Å². The number of nitrogen functional groups attached to an aromatic ring is 1. The van der Waals surface area contributed by atoms with Gasteiger partial charge in [-0.05, 0) is 42.5 Å². The average molecular weight is 494 g/mol. The van der Waals surface area contributed by atoms with Crippen LogP contribution in [0.15, 0.2) is 60.8 Å². The van der Waals surface area contributed by atoms with Crippen LogP contribution in [0, 0.1) is 5.92 Å². The van der Waals surface area contributed by atoms with Crippen molar-refractivity contribution in [3.05, 3.63) is 60.8 Å². The zero-order valence-electron chi connectivity index (χ0n) is 19.1. The second kappa shape index (κ2) is 8.95. The van der Waals surface area contributed by atoms with Crippen molar-refractivity contribution < 1.29 is 18.0 Å². The standard InChI is InChI=1S/C24H21F3N8O/c1-34-23(30-17-6-2-14(3-7-17)19-10-11-29-22(28)31-19)32-21(33-34)15-4-8-18(9-5-15)35-13-16(12-20(35)36)24(25,26)27/h2-11,16H,12-13H2,1H3,(H2,28,29,31)(H,30,32,33). The number of rotatable bonds is 5. The molecule has 3 heterocycles. The summed E-state index contributed by atoms with van der Waals surface area (Å²) in [6, 6.07) is 15.9. The number of carbonyl (C=O) groups is 1. The van der Waals surface area contributed by atoms with Crippen LogP contribution in [0.4, 0.5) is 36.4 Å². The Morgan fingerprint density at radius 1 is 1.00 bits per heavy atom. The molecular formula is C24H21F3N8O. The number of nitrogens with one attached hydrogen (secondary N) is 1. The van der Waals surface area contributed by atoms with Gasteiger partial charge in [0.25, 0.3) is 0 Å². The minimum absolute atomic E-state index is 0.201. The van der Waals surface area contributed by atoms with E-state index in [2.05, 4.69) is 25.4 Å². The van der Waals surface area contributed by atoms with Crippen LogP contribution in [0.3, 0.4) is 0 Å². The van der Waals surface area contributed by atoms with Crippen molar-refractivity contribution in [3.8, 4) is 22.6 Å². The van der Waals surface area contributed by atoms with Crippen LogP contribution < -0.4 is 16.0 Å². The third-order valence-corrected chi connectivity index (χ3v) is 5.90. The van der Waals surface area contributed by atoms with Crippen LogP contribution in [0.5, 0.6) is 0 Å². The Morgan fingerprint density at radius 2 is 1.69 bits per heavy atom. The molecule has 2 aromatic carbocycles. The maximum Gasteiger partial charge on any atom is 0.394 e. The van der Waals surface area contributed by atoms with Crippen molar-refractivity contribution in [1.29, 1.82) is 0 Å². The van der Waals surface area contributed by atoms with Gasteiger partial charge in [0.2, 0.25) is 17.8 Å². The number of amides is 1. The van der Waals surface area contributed by atoms with E-state index in [1.54, 1.807) is 48.3 Å². The lowest BCUT2D eigenvalue weighted by Gasteiger charge is -2.18. The average Bonchev–Trinajstić information content (AvgIpc) is 3.42. The van der Waals surface area contributed by atoms with Gasteiger partial charge in [-0.2, -0.15) is 18.2 Å². The SMILES string of the molecule is Cn1nc(-c2ccc(N3CC(C(F)(F)F)CC3=O)cc2)nc1Nc1ccc(-c2ccnc(N)n2)cc1. The van der Waals surface area contributed by atoms with E-state index in [4.69, 9.17) is 5.73 Å². The van der Waals surface area contributed by atoms with Gasteiger partial charge in [-0.15, -0.1) is 5.10 Å². The van der Waals surface area contributed by atoms with Gasteiger partial charge in [-0.3, -0.25) is 4.79 Å². The first-order chi connectivity index (χ1) is 17.2. The summed E-state index contributed by atoms with van der Waals surface area (Å²) in [7, 11) is 1.74. The highest BCUT2D eigenvalue weighted by molar-refractivity contribution is 5.96. The number of nitrogens with two attached hydrogens (primary N) is 1. The lowest BCUT2D eigenvalue weighted by molar-refractivity contribution is -0.169. The Balaban J connectivity index is 1.29. The summed E-state index contributed by atoms with van der Waals surface area (Å²) < 4.78 is 40.6. The molecule has 184 valence electrons. The Morgan fingerprint density at radius 3 is 2.33 bits per heavy atom. The van der Waals surface area contributed by atoms with E-state index in [1.807, 2.05) is 24.3 Å². The first-order valence-electron chi connectivity index (χ1n) is 11.0. The molecule has 0 aliphatic carbocycles. The number of nitrogens with zero attached hydrogens (tertiary/aromatic N) is 6. The van der Waals surface area contributed by atoms with Gasteiger partial charge in [-0.25, -0.2) is 14.6 Å². The molecule has 2 aromatic heterocycles. The quantitative estimate of drug-likeness (QED) is 0.428. The number of anilines is 4. The molecule has 4 aromatic rings. The van der Waals surface area contributed by atoms with Gasteiger partial charge in [0.1, 0.15) is 0 Å². The fourth-order valence-electron chi connectivity index (χ4n) is 3.97. The Kier molecular flexibility index (Phi) is 5.78. The minimum atomic E-state index is -4.39. The normalized spacial score (nSPS) is 15.9. The second-order valence-corrected chi connectivity index (χ2v) is 8.38. The number of halogens is 3. The molecule has 3 N–H and O–H groups in total. The molecule has 1 saturated heterocycles. The molecule has 36 heavy (non-hydrogen) atoms. The van der Waals surface area contributed by atoms with Crippen molar-refractivity contribution in [3.63, 3.8) is 0 Å². The first-order valence-corrected chi connectivity index (χ1v) is 11.0. The molecule has 9 nitrogen and oxygen atoms in total. The van der Waals surface area contributed by atoms with Crippen LogP contribution in [0.2, 0.25) is 0 Å². The van der Waals surface area contributed by atoms with Crippen LogP contribution in [0.1, 0.15) is 6.42 Å². The van der Waals surface area contributed by atoms with E-state index in [-0.39, 0.29) is 12.5 Å². The number of benzene rings is 2. The smallest absolute Gasteiger partial charge is 0.368 e. The molecule has 5 rings (SSSR count). The number of hydrogen-bond acceptors (Lipinski definition) is 7. The van der Waals surface area contributed by atoms with Gasteiger partial charge in [-0.1, -0.05) is 12.1 Å². The lowest BCUT2D eigenvalue weighted by atomic mass is 10.1. The molecular weight excluding hydrogens is 473 g/mol. The van der Waals surface area contributed by atoms with Gasteiger partial charge in [0.15, 0.2) is 5.82 Å². The fraction of sp³-hybridized carbons (Fsp3) is 0.208. The third-order valence-electron chi connectivity index (χ3n) is 5.90. The predicted octanol–water partition coefficient (Wildman–Crippen LogP) is 4.18. The number of carbonyl (C=O) groups excluding carboxylic acids is 1. The molecule has 1 aliphatic heterocycles. The van der Waals surface area contributed by atoms with E-state index < -0.39 is 24.4 Å². The number of aryl methyl sites for hydroxylation is 1. The second-order valence-electron chi connectivity index (χ2n) is 8.38. The first kappa shape index (κ1) is 23.3. The third kappa shape index (κ3) is 4.69. The van der Waals surface area contributed by atoms with Gasteiger partial charge in [0, 0.05) is 48.7 Å². The molecule has 1 aliphatic rings. The summed E-state index contributed by atoms with van der Waals surface area (Å²) in [5.74, 6) is -1.06. The topological polar surface area (TPSA) is 115 Å². The van der Waals surface area contributed by atoms with E-state index >= 15 is 0 Å². The summed E-state index contributed by atoms with van der Waals surface area (Å²) in [6.07, 6.45) is -3.33. The maximum absolute atomic E-state index is 13.0. The van der Waals surface area contributed by atoms with E-state index in [9.17, 15) is 18.0 Å². The maximum atomic E-state index is 13.0. The molecule has 0 spiro atoms. The van der Waals surface area contributed by atoms with Gasteiger partial charge >= 0.3 is 6.18 Å². The van der Waals surface area contributed by atoms with E-state index in [1.165, 1.54) is 4.90 Å². The highest BCUT2D eigenvalue weighted by atomic mass is 19.4. The predicted molar refractivity (Wildman–Crippen MR) is 128 cm³/mol. The Labute approximate surface area is 203 Å². The van der Waals surface area contributed by atoms with Crippen LogP contribution in [-0.2, 0) is 11.8 Å². The van der Waals surface area contributed by atoms with Crippen molar-refractivity contribution in [2.24, 2.45) is 13.0 Å². The molecule has 12 heteroatoms. The zero-order valence-corrected chi connectivity index (χ0v) is 19.1. The highest BCUT2D eigenvalue weighted by Crippen LogP contribution is 2.36. The molecule has 1 atom stereocenters. The lowest BCUT2D eigenvalue weighted by Crippen LogP contribution is -2.28. The number of aromatic nitrogens is 5. The van der Waals surface area contributed by atoms with Crippen LogP contribution in [-0.4, -0.2) is 43.4 Å². The summed E-state index contributed by atoms with van der Waals surface area (Å²) in [5, 5.41) is 7.63. The zero-order chi connectivity index (χ0) is 25.4. The number of alkyl halides is 3. The summed E-state index contributed by atoms with van der Waals surface area (Å²) in [4.78, 5) is 25.9. The summed E-state index contributed by atoms with van der Waals surface area (Å²) >= 11 is 0. The monoisotopic (exact) mass is 494 g/mol. The van der Waals surface area contributed by atoms with Crippen LogP contribution in [0.25, 0.3) is 22.6 Å². The Hall–Kier alpha value is -4.48. The van der Waals surface area contributed by atoms with E-state index in [0.717, 1.165) is 11.3 Å². The molecule has 0 radical (unpaired) electrons. The van der Waals surface area contributed by atoms with Gasteiger partial charge in [0.05, 0.1) is 11.6 Å². The molecule has 0 saturated carbocycles. The Bertz CT molecular complexity index is 1400. The largest absolute Gasteiger partial charge is 0.394 e. The minimum Gasteiger partial charge on any atom is -0.368 e. The highest BCUT2D eigenvalue weighted by Gasteiger charge is 2.47. The van der Waals surface area contributed by atoms with Crippen molar-refractivity contribution in [2.45, 2.75) is 12.6 Å². The summed E-state index contributed by atoms with van der Waals surface area (Å²) in [5.41, 5.74) is 9.10. The van der Waals surface area contributed by atoms with E-state index in [0.29, 0.717) is 28.7 Å². The molecule has 1 unspecified atom stereocenters. The molecule has 1 fully saturated rings. The summed E-state index contributed by atoms with van der Waals surface area (Å²) in [6.45, 7) is -0.374. The van der Waals surface area contributed by atoms with Crippen molar-refractivity contribution >= 4 is 29.2 Å². The van der Waals surface area contributed by atoms with Crippen molar-refractivity contribution in [2.75, 3.05) is 22.5 Å². The molecule has 1 amide bonds.